The standard InChI is InChI=1S/C23H20Cl2N6O7S2/c1-10(32)35-8-17-20(36-11(2)33)19(31-7-16(29-30-31)22-28-18(25)9-39-22)21(37-12(3)34)23(38-17)40-13-4-14(24)15(5-26)27-6-13/h4,6-7,9,17,19-21,23H,8H2,1-3H3. The fourth-order valence-corrected chi connectivity index (χ4v) is 6.16. The van der Waals surface area contributed by atoms with Crippen LogP contribution >= 0.6 is 46.3 Å². The van der Waals surface area contributed by atoms with Crippen molar-refractivity contribution in [3.05, 3.63) is 39.7 Å². The minimum atomic E-state index is -1.13. The van der Waals surface area contributed by atoms with Gasteiger partial charge < -0.3 is 18.9 Å². The van der Waals surface area contributed by atoms with E-state index in [9.17, 15) is 14.4 Å². The molecule has 0 amide bonds. The molecule has 40 heavy (non-hydrogen) atoms. The zero-order chi connectivity index (χ0) is 29.0. The number of rotatable bonds is 8. The molecular weight excluding hydrogens is 607 g/mol. The first-order chi connectivity index (χ1) is 19.0. The van der Waals surface area contributed by atoms with Gasteiger partial charge in [0.25, 0.3) is 0 Å². The molecule has 1 fully saturated rings. The number of thiazole rings is 1. The Balaban J connectivity index is 1.79. The Morgan fingerprint density at radius 3 is 2.50 bits per heavy atom. The fourth-order valence-electron chi connectivity index (χ4n) is 3.87. The monoisotopic (exact) mass is 626 g/mol. The summed E-state index contributed by atoms with van der Waals surface area (Å²) in [5.41, 5.74) is -0.561. The molecule has 0 bridgehead atoms. The van der Waals surface area contributed by atoms with E-state index >= 15 is 0 Å². The summed E-state index contributed by atoms with van der Waals surface area (Å²) in [7, 11) is 0. The number of thioether (sulfide) groups is 1. The number of carbonyl (C=O) groups excluding carboxylic acids is 3. The molecule has 0 N–H and O–H groups in total. The molecule has 13 nitrogen and oxygen atoms in total. The van der Waals surface area contributed by atoms with Crippen LogP contribution in [-0.4, -0.2) is 73.2 Å². The molecule has 0 aromatic carbocycles. The third kappa shape index (κ3) is 7.07. The van der Waals surface area contributed by atoms with Crippen LogP contribution in [0, 0.1) is 11.3 Å². The third-order valence-electron chi connectivity index (χ3n) is 5.36. The van der Waals surface area contributed by atoms with Crippen molar-refractivity contribution in [3.63, 3.8) is 0 Å². The summed E-state index contributed by atoms with van der Waals surface area (Å²) in [5.74, 6) is -1.89. The number of hydrogen-bond donors (Lipinski definition) is 0. The van der Waals surface area contributed by atoms with Gasteiger partial charge in [-0.1, -0.05) is 40.2 Å². The van der Waals surface area contributed by atoms with Crippen LogP contribution in [0.25, 0.3) is 10.7 Å². The summed E-state index contributed by atoms with van der Waals surface area (Å²) in [6, 6.07) is 2.41. The Morgan fingerprint density at radius 1 is 1.18 bits per heavy atom. The van der Waals surface area contributed by atoms with Crippen LogP contribution < -0.4 is 0 Å². The Bertz CT molecular complexity index is 1460. The predicted octanol–water partition coefficient (Wildman–Crippen LogP) is 3.46. The molecule has 4 heterocycles. The molecule has 1 aliphatic rings. The van der Waals surface area contributed by atoms with E-state index in [4.69, 9.17) is 47.4 Å². The second-order valence-corrected chi connectivity index (χ2v) is 11.1. The lowest BCUT2D eigenvalue weighted by Gasteiger charge is -2.44. The molecule has 1 aliphatic heterocycles. The molecule has 0 saturated carbocycles. The van der Waals surface area contributed by atoms with Crippen LogP contribution in [0.15, 0.2) is 28.7 Å². The lowest BCUT2D eigenvalue weighted by Crippen LogP contribution is -2.57. The van der Waals surface area contributed by atoms with E-state index in [-0.39, 0.29) is 22.5 Å². The van der Waals surface area contributed by atoms with E-state index < -0.39 is 47.7 Å². The quantitative estimate of drug-likeness (QED) is 0.263. The first-order valence-corrected chi connectivity index (χ1v) is 14.0. The highest BCUT2D eigenvalue weighted by molar-refractivity contribution is 7.99. The Morgan fingerprint density at radius 2 is 1.90 bits per heavy atom. The van der Waals surface area contributed by atoms with Gasteiger partial charge in [-0.15, -0.1) is 16.4 Å². The lowest BCUT2D eigenvalue weighted by molar-refractivity contribution is -0.212. The van der Waals surface area contributed by atoms with Gasteiger partial charge in [-0.3, -0.25) is 14.4 Å². The minimum absolute atomic E-state index is 0.0325. The minimum Gasteiger partial charge on any atom is -0.463 e. The van der Waals surface area contributed by atoms with Gasteiger partial charge in [0.1, 0.15) is 46.1 Å². The number of pyridine rings is 1. The Labute approximate surface area is 245 Å². The van der Waals surface area contributed by atoms with Crippen molar-refractivity contribution < 1.29 is 33.3 Å². The van der Waals surface area contributed by atoms with Gasteiger partial charge in [0.05, 0.1) is 11.2 Å². The summed E-state index contributed by atoms with van der Waals surface area (Å²) in [6.45, 7) is 3.36. The van der Waals surface area contributed by atoms with Crippen molar-refractivity contribution in [2.75, 3.05) is 6.61 Å². The second-order valence-electron chi connectivity index (χ2n) is 8.27. The number of esters is 3. The van der Waals surface area contributed by atoms with Gasteiger partial charge in [-0.25, -0.2) is 14.6 Å². The first kappa shape index (κ1) is 29.7. The van der Waals surface area contributed by atoms with Gasteiger partial charge >= 0.3 is 17.9 Å². The van der Waals surface area contributed by atoms with Gasteiger partial charge in [0.2, 0.25) is 0 Å². The molecule has 210 valence electrons. The van der Waals surface area contributed by atoms with Gasteiger partial charge in [0, 0.05) is 37.2 Å². The van der Waals surface area contributed by atoms with Crippen molar-refractivity contribution in [2.45, 2.75) is 55.5 Å². The van der Waals surface area contributed by atoms with E-state index in [0.717, 1.165) is 11.8 Å². The molecule has 17 heteroatoms. The zero-order valence-electron chi connectivity index (χ0n) is 21.0. The predicted molar refractivity (Wildman–Crippen MR) is 141 cm³/mol. The Hall–Kier alpha value is -3.29. The molecule has 3 aromatic heterocycles. The molecule has 3 aromatic rings. The maximum absolute atomic E-state index is 12.3. The zero-order valence-corrected chi connectivity index (χ0v) is 24.2. The summed E-state index contributed by atoms with van der Waals surface area (Å²) < 4.78 is 24.2. The van der Waals surface area contributed by atoms with Crippen LogP contribution in [-0.2, 0) is 33.3 Å². The molecule has 1 saturated heterocycles. The highest BCUT2D eigenvalue weighted by atomic mass is 35.5. The van der Waals surface area contributed by atoms with Gasteiger partial charge in [-0.2, -0.15) is 5.26 Å². The first-order valence-electron chi connectivity index (χ1n) is 11.4. The molecule has 0 radical (unpaired) electrons. The van der Waals surface area contributed by atoms with Crippen molar-refractivity contribution >= 4 is 64.2 Å². The number of halogens is 2. The number of ether oxygens (including phenoxy) is 4. The summed E-state index contributed by atoms with van der Waals surface area (Å²) in [6.07, 6.45) is -0.287. The molecule has 0 spiro atoms. The summed E-state index contributed by atoms with van der Waals surface area (Å²) in [5, 5.41) is 20.1. The van der Waals surface area contributed by atoms with E-state index in [1.165, 1.54) is 49.1 Å². The number of hydrogen-bond acceptors (Lipinski definition) is 14. The lowest BCUT2D eigenvalue weighted by atomic mass is 9.96. The van der Waals surface area contributed by atoms with Gasteiger partial charge in [0.15, 0.2) is 17.9 Å². The van der Waals surface area contributed by atoms with E-state index in [0.29, 0.717) is 15.6 Å². The number of aromatic nitrogens is 5. The third-order valence-corrected chi connectivity index (χ3v) is 7.94. The second kappa shape index (κ2) is 12.9. The number of carbonyl (C=O) groups is 3. The van der Waals surface area contributed by atoms with Gasteiger partial charge in [-0.05, 0) is 6.07 Å². The van der Waals surface area contributed by atoms with Crippen molar-refractivity contribution in [3.8, 4) is 16.8 Å². The van der Waals surface area contributed by atoms with Crippen LogP contribution in [0.2, 0.25) is 10.2 Å². The molecular formula is C23H20Cl2N6O7S2. The molecule has 0 aliphatic carbocycles. The highest BCUT2D eigenvalue weighted by Gasteiger charge is 2.52. The van der Waals surface area contributed by atoms with Crippen molar-refractivity contribution in [1.82, 2.24) is 25.0 Å². The highest BCUT2D eigenvalue weighted by Crippen LogP contribution is 2.42. The van der Waals surface area contributed by atoms with Crippen LogP contribution in [0.4, 0.5) is 0 Å². The van der Waals surface area contributed by atoms with Crippen LogP contribution in [0.3, 0.4) is 0 Å². The average Bonchev–Trinajstić information content (AvgIpc) is 3.53. The van der Waals surface area contributed by atoms with Crippen molar-refractivity contribution in [1.29, 1.82) is 5.26 Å². The van der Waals surface area contributed by atoms with E-state index in [2.05, 4.69) is 20.3 Å². The molecule has 4 rings (SSSR count). The smallest absolute Gasteiger partial charge is 0.303 e. The van der Waals surface area contributed by atoms with E-state index in [1.807, 2.05) is 6.07 Å². The average molecular weight is 627 g/mol. The van der Waals surface area contributed by atoms with Crippen LogP contribution in [0.5, 0.6) is 0 Å². The maximum Gasteiger partial charge on any atom is 0.303 e. The van der Waals surface area contributed by atoms with Crippen molar-refractivity contribution in [2.24, 2.45) is 0 Å². The normalized spacial score (nSPS) is 22.2. The largest absolute Gasteiger partial charge is 0.463 e. The summed E-state index contributed by atoms with van der Waals surface area (Å²) in [4.78, 5) is 44.8. The number of nitriles is 1. The molecule has 5 atom stereocenters. The number of nitrogens with zero attached hydrogens (tertiary/aromatic N) is 6. The maximum atomic E-state index is 12.3. The molecule has 5 unspecified atom stereocenters. The van der Waals surface area contributed by atoms with E-state index in [1.54, 1.807) is 11.6 Å². The van der Waals surface area contributed by atoms with Crippen LogP contribution in [0.1, 0.15) is 32.5 Å². The Kier molecular flexibility index (Phi) is 9.59. The summed E-state index contributed by atoms with van der Waals surface area (Å²) >= 11 is 14.5. The SMILES string of the molecule is CC(=O)OCC1OC(Sc2cnc(C#N)c(Cl)c2)C(OC(C)=O)C(n2cc(-c3nc(Cl)cs3)nn2)C1OC(C)=O. The topological polar surface area (TPSA) is 168 Å². The fraction of sp³-hybridized carbons (Fsp3) is 0.391.